The number of nitrogens with two attached hydrogens (primary N) is 1. The van der Waals surface area contributed by atoms with E-state index in [0.29, 0.717) is 39.5 Å². The van der Waals surface area contributed by atoms with Crippen molar-refractivity contribution in [3.05, 3.63) is 0 Å². The predicted octanol–water partition coefficient (Wildman–Crippen LogP) is 3.45. The number of rotatable bonds is 25. The van der Waals surface area contributed by atoms with E-state index in [9.17, 15) is 10.2 Å². The lowest BCUT2D eigenvalue weighted by Crippen LogP contribution is -2.42. The zero-order valence-electron chi connectivity index (χ0n) is 22.7. The quantitative estimate of drug-likeness (QED) is 0.139. The van der Waals surface area contributed by atoms with Gasteiger partial charge < -0.3 is 30.7 Å². The van der Waals surface area contributed by atoms with E-state index in [4.69, 9.17) is 15.2 Å². The molecule has 34 heavy (non-hydrogen) atoms. The fraction of sp³-hybridized carbons (Fsp3) is 1.00. The Balaban J connectivity index is 0. The number of aliphatic hydroxyl groups is 2. The van der Waals surface area contributed by atoms with Crippen LogP contribution in [0.15, 0.2) is 0 Å². The third-order valence-corrected chi connectivity index (χ3v) is 5.66. The Morgan fingerprint density at radius 1 is 0.765 bits per heavy atom. The van der Waals surface area contributed by atoms with E-state index in [1.54, 1.807) is 0 Å². The van der Waals surface area contributed by atoms with Crippen LogP contribution in [0.5, 0.6) is 0 Å². The Morgan fingerprint density at radius 2 is 1.29 bits per heavy atom. The molecule has 8 heteroatoms. The van der Waals surface area contributed by atoms with E-state index in [0.717, 1.165) is 50.9 Å². The number of nitrogens with one attached hydrogen (secondary N) is 1. The molecule has 0 rings (SSSR count). The molecule has 0 amide bonds. The normalized spacial score (nSPS) is 13.6. The average molecular weight is 512 g/mol. The molecule has 0 bridgehead atoms. The van der Waals surface area contributed by atoms with E-state index < -0.39 is 12.2 Å². The molecule has 0 aromatic carbocycles. The molecule has 0 radical (unpaired) electrons. The second-order valence-corrected chi connectivity index (χ2v) is 10.2. The molecule has 2 atom stereocenters. The molecule has 0 aliphatic rings. The van der Waals surface area contributed by atoms with Crippen molar-refractivity contribution in [3.63, 3.8) is 0 Å². The first kappa shape index (κ1) is 36.2. The third kappa shape index (κ3) is 26.6. The Bertz CT molecular complexity index is 406. The average Bonchev–Trinajstić information content (AvgIpc) is 2.75. The molecule has 0 spiro atoms. The maximum Gasteiger partial charge on any atom is 0.0900 e. The molecular formula is C26H58ClN3O4. The van der Waals surface area contributed by atoms with E-state index >= 15 is 0 Å². The fourth-order valence-electron chi connectivity index (χ4n) is 3.70. The molecule has 208 valence electrons. The summed E-state index contributed by atoms with van der Waals surface area (Å²) in [5.74, 6) is 1.53. The van der Waals surface area contributed by atoms with Gasteiger partial charge in [-0.2, -0.15) is 0 Å². The Hall–Kier alpha value is 0.01000. The van der Waals surface area contributed by atoms with Gasteiger partial charge in [-0.15, -0.1) is 12.4 Å². The van der Waals surface area contributed by atoms with Crippen LogP contribution in [0.25, 0.3) is 0 Å². The predicted molar refractivity (Wildman–Crippen MR) is 146 cm³/mol. The summed E-state index contributed by atoms with van der Waals surface area (Å²) >= 11 is 0. The number of ether oxygens (including phenoxy) is 2. The van der Waals surface area contributed by atoms with E-state index in [1.165, 1.54) is 38.5 Å². The third-order valence-electron chi connectivity index (χ3n) is 5.66. The number of hydrogen-bond donors (Lipinski definition) is 4. The summed E-state index contributed by atoms with van der Waals surface area (Å²) in [5, 5.41) is 23.6. The number of halogens is 1. The summed E-state index contributed by atoms with van der Waals surface area (Å²) in [6.45, 7) is 15.0. The molecule has 2 unspecified atom stereocenters. The van der Waals surface area contributed by atoms with Crippen molar-refractivity contribution in [2.24, 2.45) is 17.6 Å². The minimum Gasteiger partial charge on any atom is -0.389 e. The van der Waals surface area contributed by atoms with Gasteiger partial charge in [0, 0.05) is 52.5 Å². The van der Waals surface area contributed by atoms with Crippen molar-refractivity contribution in [2.45, 2.75) is 91.3 Å². The molecular weight excluding hydrogens is 454 g/mol. The summed E-state index contributed by atoms with van der Waals surface area (Å²) < 4.78 is 11.2. The molecule has 0 heterocycles. The largest absolute Gasteiger partial charge is 0.389 e. The van der Waals surface area contributed by atoms with Crippen LogP contribution in [-0.2, 0) is 9.47 Å². The molecule has 7 nitrogen and oxygen atoms in total. The molecule has 0 saturated heterocycles. The molecule has 0 saturated carbocycles. The highest BCUT2D eigenvalue weighted by molar-refractivity contribution is 5.85. The zero-order valence-corrected chi connectivity index (χ0v) is 23.5. The Kier molecular flexibility index (Phi) is 27.7. The molecule has 5 N–H and O–H groups in total. The van der Waals surface area contributed by atoms with E-state index in [-0.39, 0.29) is 12.4 Å². The van der Waals surface area contributed by atoms with Crippen molar-refractivity contribution >= 4 is 12.4 Å². The highest BCUT2D eigenvalue weighted by Gasteiger charge is 2.12. The van der Waals surface area contributed by atoms with Gasteiger partial charge in [0.1, 0.15) is 0 Å². The lowest BCUT2D eigenvalue weighted by molar-refractivity contribution is 0.0154. The van der Waals surface area contributed by atoms with E-state index in [2.05, 4.69) is 37.9 Å². The first-order valence-corrected chi connectivity index (χ1v) is 13.5. The topological polar surface area (TPSA) is 100 Å². The molecule has 0 fully saturated rings. The first-order valence-electron chi connectivity index (χ1n) is 13.5. The van der Waals surface area contributed by atoms with Crippen LogP contribution in [0.4, 0.5) is 0 Å². The van der Waals surface area contributed by atoms with Crippen LogP contribution in [0, 0.1) is 11.8 Å². The summed E-state index contributed by atoms with van der Waals surface area (Å²) in [5.41, 5.74) is 5.73. The van der Waals surface area contributed by atoms with Crippen LogP contribution < -0.4 is 11.1 Å². The van der Waals surface area contributed by atoms with Gasteiger partial charge in [0.2, 0.25) is 0 Å². The van der Waals surface area contributed by atoms with Crippen molar-refractivity contribution in [3.8, 4) is 0 Å². The lowest BCUT2D eigenvalue weighted by Gasteiger charge is -2.25. The number of unbranched alkanes of at least 4 members (excludes halogenated alkanes) is 4. The van der Waals surface area contributed by atoms with Crippen molar-refractivity contribution in [1.82, 2.24) is 10.2 Å². The molecule has 0 aromatic heterocycles. The summed E-state index contributed by atoms with van der Waals surface area (Å²) in [6, 6.07) is 0. The number of hydrogen-bond acceptors (Lipinski definition) is 7. The van der Waals surface area contributed by atoms with Gasteiger partial charge in [-0.25, -0.2) is 0 Å². The smallest absolute Gasteiger partial charge is 0.0900 e. The van der Waals surface area contributed by atoms with Crippen molar-refractivity contribution in [1.29, 1.82) is 0 Å². The van der Waals surface area contributed by atoms with Crippen LogP contribution >= 0.6 is 12.4 Å². The number of nitrogens with zero attached hydrogens (tertiary/aromatic N) is 1. The molecule has 0 aromatic rings. The van der Waals surface area contributed by atoms with Gasteiger partial charge in [-0.05, 0) is 24.7 Å². The van der Waals surface area contributed by atoms with Gasteiger partial charge in [-0.3, -0.25) is 4.90 Å². The lowest BCUT2D eigenvalue weighted by atomic mass is 10.1. The van der Waals surface area contributed by atoms with Crippen LogP contribution in [0.1, 0.15) is 79.1 Å². The minimum absolute atomic E-state index is 0. The standard InChI is InChI=1S/C26H57N3O4.ClH/c1-23(2)11-7-5-9-17-32-21-25(30)19-28-14-16-29(15-13-27)20-26(31)22-33-18-10-6-8-12-24(3)4;/h23-26,28,30-31H,5-22,27H2,1-4H3;1H. The second-order valence-electron chi connectivity index (χ2n) is 10.2. The first-order chi connectivity index (χ1) is 15.8. The monoisotopic (exact) mass is 511 g/mol. The SMILES string of the molecule is CC(C)CCCCCOCC(O)CNCCN(CCN)CC(O)COCCCCCC(C)C.Cl. The van der Waals surface area contributed by atoms with Gasteiger partial charge in [0.05, 0.1) is 25.4 Å². The maximum absolute atomic E-state index is 10.3. The zero-order chi connectivity index (χ0) is 24.7. The highest BCUT2D eigenvalue weighted by Crippen LogP contribution is 2.09. The molecule has 0 aliphatic carbocycles. The second kappa shape index (κ2) is 26.1. The Labute approximate surface area is 216 Å². The van der Waals surface area contributed by atoms with Crippen LogP contribution in [0.2, 0.25) is 0 Å². The number of aliphatic hydroxyl groups excluding tert-OH is 2. The van der Waals surface area contributed by atoms with Crippen LogP contribution in [0.3, 0.4) is 0 Å². The molecule has 0 aliphatic heterocycles. The fourth-order valence-corrected chi connectivity index (χ4v) is 3.70. The van der Waals surface area contributed by atoms with Gasteiger partial charge >= 0.3 is 0 Å². The maximum atomic E-state index is 10.3. The van der Waals surface area contributed by atoms with Crippen molar-refractivity contribution in [2.75, 3.05) is 65.7 Å². The Morgan fingerprint density at radius 3 is 1.79 bits per heavy atom. The summed E-state index contributed by atoms with van der Waals surface area (Å²) in [6.07, 6.45) is 8.54. The van der Waals surface area contributed by atoms with E-state index in [1.807, 2.05) is 0 Å². The van der Waals surface area contributed by atoms with Gasteiger partial charge in [0.25, 0.3) is 0 Å². The van der Waals surface area contributed by atoms with Gasteiger partial charge in [0.15, 0.2) is 0 Å². The minimum atomic E-state index is -0.508. The summed E-state index contributed by atoms with van der Waals surface area (Å²) in [4.78, 5) is 2.14. The highest BCUT2D eigenvalue weighted by atomic mass is 35.5. The van der Waals surface area contributed by atoms with Gasteiger partial charge in [-0.1, -0.05) is 66.2 Å². The summed E-state index contributed by atoms with van der Waals surface area (Å²) in [7, 11) is 0. The van der Waals surface area contributed by atoms with Crippen LogP contribution in [-0.4, -0.2) is 93.0 Å². The van der Waals surface area contributed by atoms with Crippen molar-refractivity contribution < 1.29 is 19.7 Å².